The molecule has 0 saturated carbocycles. The smallest absolute Gasteiger partial charge is 0.309 e. The van der Waals surface area contributed by atoms with Crippen molar-refractivity contribution < 1.29 is 19.0 Å². The highest BCUT2D eigenvalue weighted by Gasteiger charge is 2.12. The summed E-state index contributed by atoms with van der Waals surface area (Å²) in [6.07, 6.45) is 0. The Morgan fingerprint density at radius 1 is 1.20 bits per heavy atom. The number of thioether (sulfide) groups is 1. The van der Waals surface area contributed by atoms with Gasteiger partial charge in [0.2, 0.25) is 0 Å². The molecule has 4 nitrogen and oxygen atoms in total. The normalized spacial score (nSPS) is 11.8. The summed E-state index contributed by atoms with van der Waals surface area (Å²) < 4.78 is 15.6. The molecular weight excluding hydrogens is 276 g/mol. The first-order valence-corrected chi connectivity index (χ1v) is 7.84. The van der Waals surface area contributed by atoms with Crippen molar-refractivity contribution in [3.05, 3.63) is 24.3 Å². The molecule has 1 aromatic rings. The van der Waals surface area contributed by atoms with E-state index in [-0.39, 0.29) is 11.9 Å². The van der Waals surface area contributed by atoms with Gasteiger partial charge in [0.25, 0.3) is 0 Å². The van der Waals surface area contributed by atoms with Gasteiger partial charge in [0.1, 0.15) is 11.5 Å². The fourth-order valence-corrected chi connectivity index (χ4v) is 2.40. The number of ether oxygens (including phenoxy) is 3. The quantitative estimate of drug-likeness (QED) is 0.518. The van der Waals surface area contributed by atoms with Crippen LogP contribution in [0.4, 0.5) is 0 Å². The van der Waals surface area contributed by atoms with E-state index >= 15 is 0 Å². The topological polar surface area (TPSA) is 44.8 Å². The number of rotatable bonds is 9. The fraction of sp³-hybridized carbons (Fsp3) is 0.533. The van der Waals surface area contributed by atoms with Crippen molar-refractivity contribution >= 4 is 17.7 Å². The van der Waals surface area contributed by atoms with Gasteiger partial charge in [-0.15, -0.1) is 0 Å². The number of benzene rings is 1. The second-order valence-electron chi connectivity index (χ2n) is 4.25. The van der Waals surface area contributed by atoms with Gasteiger partial charge in [0.05, 0.1) is 26.2 Å². The minimum Gasteiger partial charge on any atom is -0.494 e. The van der Waals surface area contributed by atoms with E-state index in [1.165, 1.54) is 7.11 Å². The van der Waals surface area contributed by atoms with Crippen LogP contribution >= 0.6 is 11.8 Å². The average molecular weight is 298 g/mol. The molecule has 0 aromatic heterocycles. The van der Waals surface area contributed by atoms with Crippen molar-refractivity contribution in [2.45, 2.75) is 13.8 Å². The second-order valence-corrected chi connectivity index (χ2v) is 5.40. The van der Waals surface area contributed by atoms with Crippen LogP contribution in [0.1, 0.15) is 13.8 Å². The van der Waals surface area contributed by atoms with Crippen LogP contribution in [0.15, 0.2) is 24.3 Å². The van der Waals surface area contributed by atoms with Crippen molar-refractivity contribution in [1.29, 1.82) is 0 Å². The number of carbonyl (C=O) groups is 1. The molecule has 112 valence electrons. The van der Waals surface area contributed by atoms with Crippen molar-refractivity contribution in [1.82, 2.24) is 0 Å². The Balaban J connectivity index is 2.16. The Kier molecular flexibility index (Phi) is 7.95. The van der Waals surface area contributed by atoms with Gasteiger partial charge in [0.15, 0.2) is 0 Å². The molecule has 0 aliphatic rings. The Hall–Kier alpha value is -1.36. The van der Waals surface area contributed by atoms with Crippen LogP contribution in [-0.2, 0) is 9.53 Å². The number of hydrogen-bond acceptors (Lipinski definition) is 5. The Labute approximate surface area is 124 Å². The standard InChI is InChI=1S/C15H22O4S/c1-4-18-13-5-7-14(8-6-13)19-9-10-20-11-12(2)15(16)17-3/h5-8,12H,4,9-11H2,1-3H3. The summed E-state index contributed by atoms with van der Waals surface area (Å²) in [5, 5.41) is 0. The zero-order valence-electron chi connectivity index (χ0n) is 12.3. The molecule has 1 aromatic carbocycles. The highest BCUT2D eigenvalue weighted by atomic mass is 32.2. The largest absolute Gasteiger partial charge is 0.494 e. The van der Waals surface area contributed by atoms with Crippen LogP contribution in [0.5, 0.6) is 11.5 Å². The van der Waals surface area contributed by atoms with Gasteiger partial charge in [0, 0.05) is 11.5 Å². The zero-order chi connectivity index (χ0) is 14.8. The number of carbonyl (C=O) groups excluding carboxylic acids is 1. The summed E-state index contributed by atoms with van der Waals surface area (Å²) in [5.74, 6) is 3.03. The predicted molar refractivity (Wildman–Crippen MR) is 81.6 cm³/mol. The summed E-state index contributed by atoms with van der Waals surface area (Å²) >= 11 is 1.69. The molecule has 20 heavy (non-hydrogen) atoms. The van der Waals surface area contributed by atoms with Crippen LogP contribution in [0.2, 0.25) is 0 Å². The minimum absolute atomic E-state index is 0.0736. The lowest BCUT2D eigenvalue weighted by atomic mass is 10.2. The molecule has 0 saturated heterocycles. The highest BCUT2D eigenvalue weighted by Crippen LogP contribution is 2.18. The van der Waals surface area contributed by atoms with Gasteiger partial charge in [-0.3, -0.25) is 4.79 Å². The van der Waals surface area contributed by atoms with Gasteiger partial charge >= 0.3 is 5.97 Å². The van der Waals surface area contributed by atoms with Gasteiger partial charge < -0.3 is 14.2 Å². The van der Waals surface area contributed by atoms with Gasteiger partial charge in [-0.25, -0.2) is 0 Å². The first kappa shape index (κ1) is 16.7. The van der Waals surface area contributed by atoms with E-state index < -0.39 is 0 Å². The van der Waals surface area contributed by atoms with Crippen LogP contribution in [0, 0.1) is 5.92 Å². The molecule has 0 radical (unpaired) electrons. The van der Waals surface area contributed by atoms with Crippen LogP contribution < -0.4 is 9.47 Å². The molecule has 1 atom stereocenters. The van der Waals surface area contributed by atoms with E-state index in [1.54, 1.807) is 11.8 Å². The summed E-state index contributed by atoms with van der Waals surface area (Å²) in [6, 6.07) is 7.58. The van der Waals surface area contributed by atoms with Gasteiger partial charge in [-0.2, -0.15) is 11.8 Å². The van der Waals surface area contributed by atoms with E-state index in [4.69, 9.17) is 9.47 Å². The van der Waals surface area contributed by atoms with Crippen LogP contribution in [0.3, 0.4) is 0 Å². The summed E-state index contributed by atoms with van der Waals surface area (Å²) in [5.41, 5.74) is 0. The minimum atomic E-state index is -0.162. The molecule has 0 aliphatic carbocycles. The Morgan fingerprint density at radius 3 is 2.35 bits per heavy atom. The maximum absolute atomic E-state index is 11.2. The van der Waals surface area contributed by atoms with Crippen molar-refractivity contribution in [2.75, 3.05) is 31.8 Å². The first-order valence-electron chi connectivity index (χ1n) is 6.68. The average Bonchev–Trinajstić information content (AvgIpc) is 2.47. The number of methoxy groups -OCH3 is 1. The first-order chi connectivity index (χ1) is 9.67. The molecule has 0 spiro atoms. The highest BCUT2D eigenvalue weighted by molar-refractivity contribution is 7.99. The molecule has 1 unspecified atom stereocenters. The third-order valence-electron chi connectivity index (χ3n) is 2.60. The molecule has 5 heteroatoms. The zero-order valence-corrected chi connectivity index (χ0v) is 13.1. The van der Waals surface area contributed by atoms with Gasteiger partial charge in [-0.1, -0.05) is 6.92 Å². The fourth-order valence-electron chi connectivity index (χ4n) is 1.55. The maximum atomic E-state index is 11.2. The van der Waals surface area contributed by atoms with Gasteiger partial charge in [-0.05, 0) is 31.2 Å². The molecule has 0 aliphatic heterocycles. The maximum Gasteiger partial charge on any atom is 0.309 e. The van der Waals surface area contributed by atoms with E-state index in [1.807, 2.05) is 38.1 Å². The SMILES string of the molecule is CCOc1ccc(OCCSCC(C)C(=O)OC)cc1. The summed E-state index contributed by atoms with van der Waals surface area (Å²) in [6.45, 7) is 5.10. The molecule has 0 fully saturated rings. The van der Waals surface area contributed by atoms with E-state index in [2.05, 4.69) is 4.74 Å². The molecule has 0 N–H and O–H groups in total. The van der Waals surface area contributed by atoms with E-state index in [9.17, 15) is 4.79 Å². The molecule has 0 bridgehead atoms. The van der Waals surface area contributed by atoms with Crippen LogP contribution in [0.25, 0.3) is 0 Å². The lowest BCUT2D eigenvalue weighted by molar-refractivity contribution is -0.143. The monoisotopic (exact) mass is 298 g/mol. The molecule has 1 rings (SSSR count). The van der Waals surface area contributed by atoms with E-state index in [0.717, 1.165) is 23.0 Å². The Bertz CT molecular complexity index is 391. The third kappa shape index (κ3) is 6.19. The van der Waals surface area contributed by atoms with Crippen molar-refractivity contribution in [3.8, 4) is 11.5 Å². The van der Waals surface area contributed by atoms with E-state index in [0.29, 0.717) is 13.2 Å². The molecular formula is C15H22O4S. The van der Waals surface area contributed by atoms with Crippen LogP contribution in [-0.4, -0.2) is 37.8 Å². The number of esters is 1. The predicted octanol–water partition coefficient (Wildman–Crippen LogP) is 3.01. The lowest BCUT2D eigenvalue weighted by Crippen LogP contribution is -2.15. The molecule has 0 heterocycles. The summed E-state index contributed by atoms with van der Waals surface area (Å²) in [4.78, 5) is 11.2. The lowest BCUT2D eigenvalue weighted by Gasteiger charge is -2.10. The third-order valence-corrected chi connectivity index (χ3v) is 3.79. The van der Waals surface area contributed by atoms with Crippen molar-refractivity contribution in [2.24, 2.45) is 5.92 Å². The molecule has 0 amide bonds. The Morgan fingerprint density at radius 2 is 1.80 bits per heavy atom. The summed E-state index contributed by atoms with van der Waals surface area (Å²) in [7, 11) is 1.42. The second kappa shape index (κ2) is 9.53. The number of hydrogen-bond donors (Lipinski definition) is 0. The van der Waals surface area contributed by atoms with Crippen molar-refractivity contribution in [3.63, 3.8) is 0 Å².